The Morgan fingerprint density at radius 2 is 1.58 bits per heavy atom. The maximum Gasteiger partial charge on any atom is 0.119 e. The summed E-state index contributed by atoms with van der Waals surface area (Å²) in [5.74, 6) is 4.85. The summed E-state index contributed by atoms with van der Waals surface area (Å²) in [6.45, 7) is 5.73. The Kier molecular flexibility index (Phi) is 7.89. The average molecular weight is 357 g/mol. The minimum absolute atomic E-state index is 0.878. The minimum Gasteiger partial charge on any atom is -0.494 e. The van der Waals surface area contributed by atoms with Crippen LogP contribution in [0.25, 0.3) is 0 Å². The molecule has 2 unspecified atom stereocenters. The van der Waals surface area contributed by atoms with Crippen LogP contribution in [0.4, 0.5) is 0 Å². The molecule has 2 saturated carbocycles. The van der Waals surface area contributed by atoms with Gasteiger partial charge in [0.15, 0.2) is 0 Å². The summed E-state index contributed by atoms with van der Waals surface area (Å²) in [5, 5.41) is 0. The molecular weight excluding hydrogens is 316 g/mol. The van der Waals surface area contributed by atoms with E-state index in [2.05, 4.69) is 38.1 Å². The third-order valence-corrected chi connectivity index (χ3v) is 7.18. The Labute approximate surface area is 161 Å². The lowest BCUT2D eigenvalue weighted by Gasteiger charge is -2.28. The second-order valence-corrected chi connectivity index (χ2v) is 9.32. The van der Waals surface area contributed by atoms with Gasteiger partial charge in [-0.2, -0.15) is 0 Å². The second-order valence-electron chi connectivity index (χ2n) is 9.32. The molecule has 0 saturated heterocycles. The van der Waals surface area contributed by atoms with E-state index in [0.717, 1.165) is 36.0 Å². The molecule has 1 nitrogen and oxygen atoms in total. The van der Waals surface area contributed by atoms with Crippen molar-refractivity contribution in [3.05, 3.63) is 29.8 Å². The smallest absolute Gasteiger partial charge is 0.119 e. The first-order chi connectivity index (χ1) is 12.7. The van der Waals surface area contributed by atoms with Crippen LogP contribution in [0, 0.1) is 23.7 Å². The molecule has 0 amide bonds. The summed E-state index contributed by atoms with van der Waals surface area (Å²) in [4.78, 5) is 0. The summed E-state index contributed by atoms with van der Waals surface area (Å²) in [5.41, 5.74) is 1.48. The van der Waals surface area contributed by atoms with Crippen LogP contribution >= 0.6 is 0 Å². The molecule has 0 N–H and O–H groups in total. The summed E-state index contributed by atoms with van der Waals surface area (Å²) >= 11 is 0. The molecule has 1 aromatic carbocycles. The first-order valence-electron chi connectivity index (χ1n) is 11.4. The van der Waals surface area contributed by atoms with Crippen LogP contribution in [0.1, 0.15) is 90.0 Å². The fourth-order valence-electron chi connectivity index (χ4n) is 5.10. The van der Waals surface area contributed by atoms with E-state index in [0.29, 0.717) is 0 Å². The molecule has 0 heterocycles. The summed E-state index contributed by atoms with van der Waals surface area (Å²) in [6, 6.07) is 8.93. The zero-order valence-corrected chi connectivity index (χ0v) is 17.2. The van der Waals surface area contributed by atoms with Gasteiger partial charge in [-0.15, -0.1) is 0 Å². The maximum atomic E-state index is 5.99. The van der Waals surface area contributed by atoms with Crippen LogP contribution < -0.4 is 4.74 Å². The van der Waals surface area contributed by atoms with Crippen LogP contribution in [0.3, 0.4) is 0 Å². The van der Waals surface area contributed by atoms with E-state index in [9.17, 15) is 0 Å². The zero-order chi connectivity index (χ0) is 18.2. The average Bonchev–Trinajstić information content (AvgIpc) is 2.67. The Bertz CT molecular complexity index is 497. The van der Waals surface area contributed by atoms with Crippen LogP contribution in [0.5, 0.6) is 5.75 Å². The first kappa shape index (κ1) is 19.8. The highest BCUT2D eigenvalue weighted by Gasteiger charge is 2.20. The predicted octanol–water partition coefficient (Wildman–Crippen LogP) is 7.43. The lowest BCUT2D eigenvalue weighted by molar-refractivity contribution is 0.217. The van der Waals surface area contributed by atoms with Crippen LogP contribution in [-0.4, -0.2) is 6.61 Å². The van der Waals surface area contributed by atoms with Gasteiger partial charge in [0, 0.05) is 0 Å². The van der Waals surface area contributed by atoms with Gasteiger partial charge in [0.05, 0.1) is 6.61 Å². The zero-order valence-electron chi connectivity index (χ0n) is 17.2. The van der Waals surface area contributed by atoms with Gasteiger partial charge in [-0.3, -0.25) is 0 Å². The van der Waals surface area contributed by atoms with Crippen molar-refractivity contribution in [2.45, 2.75) is 90.9 Å². The topological polar surface area (TPSA) is 9.23 Å². The van der Waals surface area contributed by atoms with Crippen molar-refractivity contribution in [3.8, 4) is 5.75 Å². The van der Waals surface area contributed by atoms with Crippen molar-refractivity contribution in [2.24, 2.45) is 23.7 Å². The monoisotopic (exact) mass is 356 g/mol. The van der Waals surface area contributed by atoms with E-state index >= 15 is 0 Å². The number of benzene rings is 1. The fourth-order valence-corrected chi connectivity index (χ4v) is 5.10. The van der Waals surface area contributed by atoms with Gasteiger partial charge in [0.2, 0.25) is 0 Å². The molecule has 0 radical (unpaired) electrons. The second kappa shape index (κ2) is 10.4. The lowest BCUT2D eigenvalue weighted by atomic mass is 9.78. The Morgan fingerprint density at radius 3 is 2.31 bits per heavy atom. The third-order valence-electron chi connectivity index (χ3n) is 7.18. The van der Waals surface area contributed by atoms with Crippen LogP contribution in [-0.2, 0) is 6.42 Å². The Hall–Kier alpha value is -0.980. The highest BCUT2D eigenvalue weighted by molar-refractivity contribution is 5.27. The van der Waals surface area contributed by atoms with Crippen molar-refractivity contribution in [1.82, 2.24) is 0 Å². The van der Waals surface area contributed by atoms with Gasteiger partial charge in [-0.25, -0.2) is 0 Å². The van der Waals surface area contributed by atoms with Crippen LogP contribution in [0.2, 0.25) is 0 Å². The van der Waals surface area contributed by atoms with E-state index in [4.69, 9.17) is 4.74 Å². The summed E-state index contributed by atoms with van der Waals surface area (Å²) < 4.78 is 5.99. The van der Waals surface area contributed by atoms with E-state index < -0.39 is 0 Å². The van der Waals surface area contributed by atoms with Crippen molar-refractivity contribution in [3.63, 3.8) is 0 Å². The molecule has 1 heteroatoms. The maximum absolute atomic E-state index is 5.99. The molecule has 146 valence electrons. The van der Waals surface area contributed by atoms with Gasteiger partial charge < -0.3 is 4.74 Å². The standard InChI is InChI=1S/C25H40O/c1-20-9-11-22(12-10-20)13-14-23-15-17-25(18-16-23)26-19-5-8-24-7-4-3-6-21(24)2/h15-18,20-22,24H,3-14,19H2,1-2H3. The van der Waals surface area contributed by atoms with Gasteiger partial charge in [0.25, 0.3) is 0 Å². The number of hydrogen-bond donors (Lipinski definition) is 0. The summed E-state index contributed by atoms with van der Waals surface area (Å²) in [6.07, 6.45) is 16.7. The van der Waals surface area contributed by atoms with Crippen molar-refractivity contribution in [2.75, 3.05) is 6.61 Å². The molecule has 2 aliphatic rings. The third kappa shape index (κ3) is 6.32. The number of aryl methyl sites for hydroxylation is 1. The van der Waals surface area contributed by atoms with Gasteiger partial charge >= 0.3 is 0 Å². The normalized spacial score (nSPS) is 29.5. The fraction of sp³-hybridized carbons (Fsp3) is 0.760. The number of ether oxygens (including phenoxy) is 1. The van der Waals surface area contributed by atoms with E-state index in [-0.39, 0.29) is 0 Å². The van der Waals surface area contributed by atoms with E-state index in [1.54, 1.807) is 0 Å². The number of rotatable bonds is 8. The van der Waals surface area contributed by atoms with E-state index in [1.165, 1.54) is 82.6 Å². The van der Waals surface area contributed by atoms with Gasteiger partial charge in [-0.05, 0) is 67.1 Å². The number of hydrogen-bond acceptors (Lipinski definition) is 1. The molecule has 0 bridgehead atoms. The van der Waals surface area contributed by atoms with Gasteiger partial charge in [-0.1, -0.05) is 77.3 Å². The predicted molar refractivity (Wildman–Crippen MR) is 112 cm³/mol. The molecule has 2 fully saturated rings. The molecule has 2 atom stereocenters. The molecule has 2 aliphatic carbocycles. The first-order valence-corrected chi connectivity index (χ1v) is 11.4. The van der Waals surface area contributed by atoms with Crippen molar-refractivity contribution < 1.29 is 4.74 Å². The summed E-state index contributed by atoms with van der Waals surface area (Å²) in [7, 11) is 0. The quantitative estimate of drug-likeness (QED) is 0.440. The molecule has 0 aromatic heterocycles. The molecular formula is C25H40O. The van der Waals surface area contributed by atoms with Crippen molar-refractivity contribution >= 4 is 0 Å². The molecule has 3 rings (SSSR count). The van der Waals surface area contributed by atoms with Crippen LogP contribution in [0.15, 0.2) is 24.3 Å². The SMILES string of the molecule is CC1CCC(CCc2ccc(OCCCC3CCCCC3C)cc2)CC1. The molecule has 1 aromatic rings. The lowest BCUT2D eigenvalue weighted by Crippen LogP contribution is -2.17. The van der Waals surface area contributed by atoms with E-state index in [1.807, 2.05) is 0 Å². The minimum atomic E-state index is 0.878. The highest BCUT2D eigenvalue weighted by Crippen LogP contribution is 2.33. The Morgan fingerprint density at radius 1 is 0.846 bits per heavy atom. The highest BCUT2D eigenvalue weighted by atomic mass is 16.5. The van der Waals surface area contributed by atoms with Crippen molar-refractivity contribution in [1.29, 1.82) is 0 Å². The molecule has 0 aliphatic heterocycles. The molecule has 26 heavy (non-hydrogen) atoms. The molecule has 0 spiro atoms. The van der Waals surface area contributed by atoms with Gasteiger partial charge in [0.1, 0.15) is 5.75 Å². The largest absolute Gasteiger partial charge is 0.494 e. The Balaban J connectivity index is 1.31.